The van der Waals surface area contributed by atoms with Crippen LogP contribution in [0, 0.1) is 52.3 Å². The van der Waals surface area contributed by atoms with E-state index in [0.29, 0.717) is 36.1 Å². The predicted molar refractivity (Wildman–Crippen MR) is 229 cm³/mol. The number of amides is 2. The number of carbonyl (C=O) groups is 3. The minimum atomic E-state index is -1.10. The maximum absolute atomic E-state index is 12.8. The summed E-state index contributed by atoms with van der Waals surface area (Å²) in [5, 5.41) is 15.3. The van der Waals surface area contributed by atoms with Crippen LogP contribution in [0.5, 0.6) is 0 Å². The molecular weight excluding hydrogens is 725 g/mol. The highest BCUT2D eigenvalue weighted by atomic mass is 16.5. The number of alkyl carbamates (subject to hydrolysis) is 1. The van der Waals surface area contributed by atoms with Crippen molar-refractivity contribution in [3.8, 4) is 11.1 Å². The van der Waals surface area contributed by atoms with Crippen LogP contribution < -0.4 is 10.6 Å². The molecule has 318 valence electrons. The van der Waals surface area contributed by atoms with Crippen LogP contribution >= 0.6 is 0 Å². The molecule has 0 radical (unpaired) electrons. The van der Waals surface area contributed by atoms with E-state index in [0.717, 1.165) is 70.6 Å². The SMILES string of the molecule is CC(C)CCC[C@@H](C)[C@H]1CCC2C3CCC4C[C@@H](OCC(=O)NCCCC[C@H](NC(=O)OCC5c6ccccc6-c6ccccc65)C(=O)O)CC[C@]4(C)C3CC[C@@]21C. The highest BCUT2D eigenvalue weighted by molar-refractivity contribution is 5.81. The number of aliphatic carboxylic acids is 1. The van der Waals surface area contributed by atoms with Crippen LogP contribution in [0.3, 0.4) is 0 Å². The summed E-state index contributed by atoms with van der Waals surface area (Å²) in [7, 11) is 0. The molecule has 3 N–H and O–H groups in total. The topological polar surface area (TPSA) is 114 Å². The van der Waals surface area contributed by atoms with Crippen molar-refractivity contribution in [1.29, 1.82) is 0 Å². The number of carboxylic acid groups (broad SMARTS) is 1. The highest BCUT2D eigenvalue weighted by Crippen LogP contribution is 2.68. The van der Waals surface area contributed by atoms with E-state index in [4.69, 9.17) is 9.47 Å². The molecule has 4 fully saturated rings. The van der Waals surface area contributed by atoms with E-state index in [9.17, 15) is 19.5 Å². The zero-order valence-corrected chi connectivity index (χ0v) is 36.1. The Hall–Kier alpha value is -3.39. The van der Waals surface area contributed by atoms with Gasteiger partial charge >= 0.3 is 12.1 Å². The molecule has 8 nitrogen and oxygen atoms in total. The van der Waals surface area contributed by atoms with Gasteiger partial charge in [-0.15, -0.1) is 0 Å². The number of carboxylic acids is 1. The lowest BCUT2D eigenvalue weighted by Crippen LogP contribution is -2.54. The third-order valence-electron chi connectivity index (χ3n) is 16.4. The number of fused-ring (bicyclic) bond motifs is 8. The Kier molecular flexibility index (Phi) is 13.6. The Morgan fingerprint density at radius 2 is 1.48 bits per heavy atom. The molecule has 58 heavy (non-hydrogen) atoms. The van der Waals surface area contributed by atoms with Crippen molar-refractivity contribution in [2.24, 2.45) is 52.3 Å². The van der Waals surface area contributed by atoms with Crippen molar-refractivity contribution >= 4 is 18.0 Å². The van der Waals surface area contributed by atoms with Gasteiger partial charge in [-0.05, 0) is 152 Å². The molecule has 0 heterocycles. The van der Waals surface area contributed by atoms with Gasteiger partial charge in [0.25, 0.3) is 0 Å². The average Bonchev–Trinajstić information content (AvgIpc) is 3.73. The van der Waals surface area contributed by atoms with Crippen molar-refractivity contribution < 1.29 is 29.0 Å². The molecule has 0 aromatic heterocycles. The zero-order chi connectivity index (χ0) is 41.0. The number of hydrogen-bond donors (Lipinski definition) is 3. The summed E-state index contributed by atoms with van der Waals surface area (Å²) in [5.41, 5.74) is 5.38. The number of nitrogens with one attached hydrogen (secondary N) is 2. The Morgan fingerprint density at radius 1 is 0.793 bits per heavy atom. The fourth-order valence-electron chi connectivity index (χ4n) is 13.4. The third kappa shape index (κ3) is 9.02. The first-order valence-corrected chi connectivity index (χ1v) is 23.1. The summed E-state index contributed by atoms with van der Waals surface area (Å²) in [5.74, 6) is 4.51. The molecule has 4 unspecified atom stereocenters. The number of rotatable bonds is 17. The molecule has 0 saturated heterocycles. The lowest BCUT2D eigenvalue weighted by atomic mass is 9.44. The molecule has 0 bridgehead atoms. The first kappa shape index (κ1) is 42.7. The van der Waals surface area contributed by atoms with Gasteiger partial charge in [0.1, 0.15) is 19.3 Å². The molecule has 7 rings (SSSR count). The summed E-state index contributed by atoms with van der Waals surface area (Å²) in [6.45, 7) is 13.2. The smallest absolute Gasteiger partial charge is 0.407 e. The van der Waals surface area contributed by atoms with Gasteiger partial charge in [0.15, 0.2) is 0 Å². The molecule has 5 aliphatic rings. The normalized spacial score (nSPS) is 30.9. The van der Waals surface area contributed by atoms with Crippen LogP contribution in [0.15, 0.2) is 48.5 Å². The molecule has 10 atom stereocenters. The van der Waals surface area contributed by atoms with E-state index in [1.54, 1.807) is 0 Å². The molecule has 2 aromatic rings. The van der Waals surface area contributed by atoms with Gasteiger partial charge in [-0.2, -0.15) is 0 Å². The number of unbranched alkanes of at least 4 members (excludes halogenated alkanes) is 1. The molecule has 0 spiro atoms. The molecule has 2 aromatic carbocycles. The Bertz CT molecular complexity index is 1700. The van der Waals surface area contributed by atoms with Crippen LogP contribution in [-0.4, -0.2) is 55.0 Å². The maximum Gasteiger partial charge on any atom is 0.407 e. The van der Waals surface area contributed by atoms with Crippen LogP contribution in [0.2, 0.25) is 0 Å². The first-order chi connectivity index (χ1) is 27.9. The molecule has 8 heteroatoms. The summed E-state index contributed by atoms with van der Waals surface area (Å²) < 4.78 is 11.8. The summed E-state index contributed by atoms with van der Waals surface area (Å²) in [6.07, 6.45) is 16.6. The summed E-state index contributed by atoms with van der Waals surface area (Å²) in [6, 6.07) is 15.1. The molecule has 5 aliphatic carbocycles. The van der Waals surface area contributed by atoms with Crippen molar-refractivity contribution in [1.82, 2.24) is 10.6 Å². The van der Waals surface area contributed by atoms with E-state index < -0.39 is 18.1 Å². The molecule has 2 amide bonds. The van der Waals surface area contributed by atoms with Crippen molar-refractivity contribution in [2.75, 3.05) is 19.8 Å². The van der Waals surface area contributed by atoms with Gasteiger partial charge in [-0.3, -0.25) is 4.79 Å². The monoisotopic (exact) mass is 797 g/mol. The minimum Gasteiger partial charge on any atom is -0.480 e. The second-order valence-corrected chi connectivity index (χ2v) is 20.1. The van der Waals surface area contributed by atoms with Crippen LogP contribution in [0.1, 0.15) is 148 Å². The van der Waals surface area contributed by atoms with Gasteiger partial charge < -0.3 is 25.2 Å². The number of benzene rings is 2. The maximum atomic E-state index is 12.8. The lowest BCUT2D eigenvalue weighted by molar-refractivity contribution is -0.144. The largest absolute Gasteiger partial charge is 0.480 e. The Balaban J connectivity index is 0.792. The van der Waals surface area contributed by atoms with E-state index >= 15 is 0 Å². The Labute approximate surface area is 348 Å². The first-order valence-electron chi connectivity index (χ1n) is 23.1. The van der Waals surface area contributed by atoms with Gasteiger partial charge in [0.2, 0.25) is 5.91 Å². The quantitative estimate of drug-likeness (QED) is 0.137. The van der Waals surface area contributed by atoms with E-state index in [1.807, 2.05) is 36.4 Å². The average molecular weight is 797 g/mol. The Morgan fingerprint density at radius 3 is 2.19 bits per heavy atom. The predicted octanol–water partition coefficient (Wildman–Crippen LogP) is 10.8. The van der Waals surface area contributed by atoms with Gasteiger partial charge in [0, 0.05) is 12.5 Å². The van der Waals surface area contributed by atoms with Gasteiger partial charge in [-0.1, -0.05) is 102 Å². The number of ether oxygens (including phenoxy) is 2. The van der Waals surface area contributed by atoms with Crippen LogP contribution in [0.25, 0.3) is 11.1 Å². The summed E-state index contributed by atoms with van der Waals surface area (Å²) >= 11 is 0. The van der Waals surface area contributed by atoms with Crippen molar-refractivity contribution in [3.63, 3.8) is 0 Å². The molecule has 4 saturated carbocycles. The summed E-state index contributed by atoms with van der Waals surface area (Å²) in [4.78, 5) is 37.5. The standard InChI is InChI=1S/C50H72N2O6/c1-32(2)13-12-14-33(3)42-22-23-43-40-21-20-34-29-35(24-26-49(34,4)44(40)25-27-50(42,43)5)57-31-46(53)51-28-11-10-19-45(47(54)55)52-48(56)58-30-41-38-17-8-6-15-36(38)37-16-7-9-18-39(37)41/h6-9,15-18,32-35,40-45H,10-14,19-31H2,1-5H3,(H,51,53)(H,52,56)(H,54,55)/t33-,34?,35+,40?,42-,43?,44?,45+,49+,50-/m1/s1. The number of hydrogen-bond acceptors (Lipinski definition) is 5. The van der Waals surface area contributed by atoms with E-state index in [2.05, 4.69) is 57.4 Å². The molecular formula is C50H72N2O6. The fourth-order valence-corrected chi connectivity index (χ4v) is 13.4. The van der Waals surface area contributed by atoms with Crippen LogP contribution in [0.4, 0.5) is 4.79 Å². The van der Waals surface area contributed by atoms with Crippen molar-refractivity contribution in [2.45, 2.75) is 149 Å². The molecule has 0 aliphatic heterocycles. The van der Waals surface area contributed by atoms with E-state index in [1.165, 1.54) is 64.2 Å². The van der Waals surface area contributed by atoms with Crippen LogP contribution in [-0.2, 0) is 19.1 Å². The van der Waals surface area contributed by atoms with E-state index in [-0.39, 0.29) is 37.6 Å². The van der Waals surface area contributed by atoms with Gasteiger partial charge in [0.05, 0.1) is 6.10 Å². The van der Waals surface area contributed by atoms with Crippen molar-refractivity contribution in [3.05, 3.63) is 59.7 Å². The fraction of sp³-hybridized carbons (Fsp3) is 0.700. The second kappa shape index (κ2) is 18.5. The lowest BCUT2D eigenvalue weighted by Gasteiger charge is -2.61. The number of carbonyl (C=O) groups excluding carboxylic acids is 2. The third-order valence-corrected chi connectivity index (χ3v) is 16.4. The highest BCUT2D eigenvalue weighted by Gasteiger charge is 2.60. The second-order valence-electron chi connectivity index (χ2n) is 20.1. The minimum absolute atomic E-state index is 0.0679. The van der Waals surface area contributed by atoms with Gasteiger partial charge in [-0.25, -0.2) is 9.59 Å². The zero-order valence-electron chi connectivity index (χ0n) is 36.1.